The minimum Gasteiger partial charge on any atom is -0.382 e. The van der Waals surface area contributed by atoms with Crippen molar-refractivity contribution in [1.82, 2.24) is 20.6 Å². The molecular weight excluding hydrogens is 430 g/mol. The Bertz CT molecular complexity index is 1070. The van der Waals surface area contributed by atoms with Gasteiger partial charge in [-0.25, -0.2) is 9.97 Å². The van der Waals surface area contributed by atoms with Crippen molar-refractivity contribution in [2.45, 2.75) is 70.5 Å². The summed E-state index contributed by atoms with van der Waals surface area (Å²) in [5.41, 5.74) is 1.63. The van der Waals surface area contributed by atoms with Gasteiger partial charge in [-0.3, -0.25) is 9.59 Å². The molecule has 2 fully saturated rings. The maximum Gasteiger partial charge on any atom is 0.255 e. The molecule has 0 unspecified atom stereocenters. The number of carbonyl (C=O) groups is 2. The van der Waals surface area contributed by atoms with Crippen molar-refractivity contribution in [3.8, 4) is 6.07 Å². The van der Waals surface area contributed by atoms with E-state index in [2.05, 4.69) is 31.2 Å². The highest BCUT2D eigenvalue weighted by Gasteiger charge is 2.31. The van der Waals surface area contributed by atoms with Gasteiger partial charge < -0.3 is 21.3 Å². The molecule has 2 aliphatic carbocycles. The van der Waals surface area contributed by atoms with Crippen LogP contribution in [0.3, 0.4) is 0 Å². The highest BCUT2D eigenvalue weighted by molar-refractivity contribution is 6.00. The van der Waals surface area contributed by atoms with Gasteiger partial charge in [0.25, 0.3) is 5.91 Å². The first-order valence-electron chi connectivity index (χ1n) is 11.9. The zero-order chi connectivity index (χ0) is 24.1. The molecule has 0 saturated heterocycles. The van der Waals surface area contributed by atoms with E-state index in [9.17, 15) is 9.59 Å². The number of hydrogen-bond donors (Lipinski definition) is 4. The van der Waals surface area contributed by atoms with E-state index >= 15 is 0 Å². The maximum absolute atomic E-state index is 13.1. The van der Waals surface area contributed by atoms with Crippen LogP contribution in [0.5, 0.6) is 0 Å². The van der Waals surface area contributed by atoms with Gasteiger partial charge in [-0.05, 0) is 64.5 Å². The second kappa shape index (κ2) is 10.5. The molecule has 34 heavy (non-hydrogen) atoms. The number of hydrogen-bond acceptors (Lipinski definition) is 7. The van der Waals surface area contributed by atoms with Crippen LogP contribution in [-0.4, -0.2) is 39.9 Å². The smallest absolute Gasteiger partial charge is 0.255 e. The number of nitrogens with zero attached hydrogens (tertiary/aromatic N) is 3. The van der Waals surface area contributed by atoms with E-state index in [1.165, 1.54) is 6.20 Å². The predicted molar refractivity (Wildman–Crippen MR) is 130 cm³/mol. The third kappa shape index (κ3) is 6.22. The summed E-state index contributed by atoms with van der Waals surface area (Å²) in [5, 5.41) is 21.6. The molecule has 0 radical (unpaired) electrons. The average molecular weight is 462 g/mol. The van der Waals surface area contributed by atoms with E-state index < -0.39 is 0 Å². The predicted octanol–water partition coefficient (Wildman–Crippen LogP) is 3.48. The zero-order valence-electron chi connectivity index (χ0n) is 19.6. The topological polar surface area (TPSA) is 132 Å². The van der Waals surface area contributed by atoms with E-state index in [0.29, 0.717) is 34.5 Å². The van der Waals surface area contributed by atoms with Crippen molar-refractivity contribution in [2.75, 3.05) is 10.6 Å². The number of nitrogens with one attached hydrogen (secondary N) is 4. The Morgan fingerprint density at radius 1 is 0.971 bits per heavy atom. The Morgan fingerprint density at radius 2 is 1.65 bits per heavy atom. The van der Waals surface area contributed by atoms with Gasteiger partial charge in [0.05, 0.1) is 16.8 Å². The molecule has 9 nitrogen and oxygen atoms in total. The molecule has 0 bridgehead atoms. The van der Waals surface area contributed by atoms with Gasteiger partial charge in [0.1, 0.15) is 17.7 Å². The molecule has 4 rings (SSSR count). The minimum atomic E-state index is -0.176. The Hall–Kier alpha value is -3.67. The Kier molecular flexibility index (Phi) is 7.26. The van der Waals surface area contributed by atoms with Crippen molar-refractivity contribution in [1.29, 1.82) is 5.26 Å². The fraction of sp³-hybridized carbons (Fsp3) is 0.480. The summed E-state index contributed by atoms with van der Waals surface area (Å²) >= 11 is 0. The van der Waals surface area contributed by atoms with Gasteiger partial charge in [0, 0.05) is 42.5 Å². The molecule has 2 aromatic rings. The van der Waals surface area contributed by atoms with Crippen LogP contribution >= 0.6 is 0 Å². The number of anilines is 3. The Labute approximate surface area is 199 Å². The van der Waals surface area contributed by atoms with Crippen LogP contribution in [0.25, 0.3) is 0 Å². The van der Waals surface area contributed by atoms with Crippen LogP contribution in [0.4, 0.5) is 17.3 Å². The van der Waals surface area contributed by atoms with Crippen LogP contribution in [0, 0.1) is 17.2 Å². The molecule has 0 aliphatic heterocycles. The zero-order valence-corrected chi connectivity index (χ0v) is 19.6. The lowest BCUT2D eigenvalue weighted by atomic mass is 9.85. The van der Waals surface area contributed by atoms with Gasteiger partial charge >= 0.3 is 0 Å². The largest absolute Gasteiger partial charge is 0.382 e. The van der Waals surface area contributed by atoms with E-state index in [1.807, 2.05) is 19.9 Å². The first-order chi connectivity index (χ1) is 16.4. The maximum atomic E-state index is 13.1. The highest BCUT2D eigenvalue weighted by Crippen LogP contribution is 2.28. The molecule has 2 heterocycles. The lowest BCUT2D eigenvalue weighted by Crippen LogP contribution is -2.41. The van der Waals surface area contributed by atoms with Crippen molar-refractivity contribution in [2.24, 2.45) is 5.92 Å². The third-order valence-electron chi connectivity index (χ3n) is 6.10. The van der Waals surface area contributed by atoms with Crippen LogP contribution in [0.2, 0.25) is 0 Å². The normalized spacial score (nSPS) is 19.7. The third-order valence-corrected chi connectivity index (χ3v) is 6.10. The molecule has 2 aliphatic rings. The Morgan fingerprint density at radius 3 is 2.26 bits per heavy atom. The Balaban J connectivity index is 1.39. The lowest BCUT2D eigenvalue weighted by Gasteiger charge is -2.28. The summed E-state index contributed by atoms with van der Waals surface area (Å²) in [5.74, 6) is 1.14. The molecule has 0 aromatic carbocycles. The molecule has 0 atom stereocenters. The monoisotopic (exact) mass is 461 g/mol. The van der Waals surface area contributed by atoms with Gasteiger partial charge in [0.15, 0.2) is 0 Å². The molecule has 0 spiro atoms. The summed E-state index contributed by atoms with van der Waals surface area (Å²) in [6.45, 7) is 4.01. The number of aromatic nitrogens is 2. The van der Waals surface area contributed by atoms with Gasteiger partial charge in [-0.15, -0.1) is 0 Å². The SMILES string of the molecule is CC(C)Nc1cc(Nc2ccc(C#N)cn2)ncc1C(=O)N[C@H]1CC[C@H](C(=O)NC2CC2)CC1. The van der Waals surface area contributed by atoms with Crippen LogP contribution in [0.15, 0.2) is 30.6 Å². The minimum absolute atomic E-state index is 0.0463. The van der Waals surface area contributed by atoms with Crippen molar-refractivity contribution >= 4 is 29.1 Å². The van der Waals surface area contributed by atoms with Crippen LogP contribution < -0.4 is 21.3 Å². The molecule has 2 amide bonds. The van der Waals surface area contributed by atoms with Crippen molar-refractivity contribution < 1.29 is 9.59 Å². The van der Waals surface area contributed by atoms with Crippen molar-refractivity contribution in [3.63, 3.8) is 0 Å². The number of rotatable bonds is 8. The highest BCUT2D eigenvalue weighted by atomic mass is 16.2. The average Bonchev–Trinajstić information content (AvgIpc) is 3.64. The molecule has 4 N–H and O–H groups in total. The lowest BCUT2D eigenvalue weighted by molar-refractivity contribution is -0.126. The quantitative estimate of drug-likeness (QED) is 0.473. The standard InChI is InChI=1S/C25H31N7O2/c1-15(2)29-21-11-23(32-22-10-3-16(12-26)13-27-22)28-14-20(21)25(34)31-18-6-4-17(5-7-18)24(33)30-19-8-9-19/h3,10-11,13-15,17-19H,4-9H2,1-2H3,(H,30,33)(H,31,34)(H2,27,28,29,32)/t17-,18-. The molecule has 2 aromatic heterocycles. The van der Waals surface area contributed by atoms with Crippen molar-refractivity contribution in [3.05, 3.63) is 41.7 Å². The van der Waals surface area contributed by atoms with E-state index in [0.717, 1.165) is 38.5 Å². The summed E-state index contributed by atoms with van der Waals surface area (Å²) in [6, 6.07) is 7.76. The number of amides is 2. The van der Waals surface area contributed by atoms with Crippen LogP contribution in [0.1, 0.15) is 68.3 Å². The fourth-order valence-corrected chi connectivity index (χ4v) is 4.11. The molecule has 9 heteroatoms. The number of nitriles is 1. The second-order valence-electron chi connectivity index (χ2n) is 9.39. The molecule has 178 valence electrons. The summed E-state index contributed by atoms with van der Waals surface area (Å²) in [7, 11) is 0. The summed E-state index contributed by atoms with van der Waals surface area (Å²) in [4.78, 5) is 34.0. The fourth-order valence-electron chi connectivity index (χ4n) is 4.11. The molecule has 2 saturated carbocycles. The second-order valence-corrected chi connectivity index (χ2v) is 9.39. The number of carbonyl (C=O) groups excluding carboxylic acids is 2. The summed E-state index contributed by atoms with van der Waals surface area (Å²) in [6.07, 6.45) is 8.39. The van der Waals surface area contributed by atoms with E-state index in [-0.39, 0.29) is 29.8 Å². The van der Waals surface area contributed by atoms with Crippen LogP contribution in [-0.2, 0) is 4.79 Å². The first kappa shape index (κ1) is 23.5. The summed E-state index contributed by atoms with van der Waals surface area (Å²) < 4.78 is 0. The van der Waals surface area contributed by atoms with Gasteiger partial charge in [-0.2, -0.15) is 5.26 Å². The first-order valence-corrected chi connectivity index (χ1v) is 11.9. The molecular formula is C25H31N7O2. The van der Waals surface area contributed by atoms with Gasteiger partial charge in [-0.1, -0.05) is 0 Å². The van der Waals surface area contributed by atoms with E-state index in [4.69, 9.17) is 5.26 Å². The number of pyridine rings is 2. The van der Waals surface area contributed by atoms with Gasteiger partial charge in [0.2, 0.25) is 5.91 Å². The van der Waals surface area contributed by atoms with E-state index in [1.54, 1.807) is 24.4 Å².